The Kier molecular flexibility index (Phi) is 4.32. The van der Waals surface area contributed by atoms with Gasteiger partial charge >= 0.3 is 11.9 Å². The summed E-state index contributed by atoms with van der Waals surface area (Å²) >= 11 is 0. The van der Waals surface area contributed by atoms with E-state index >= 15 is 0 Å². The number of carboxylic acid groups (broad SMARTS) is 1. The van der Waals surface area contributed by atoms with Gasteiger partial charge in [0, 0.05) is 18.3 Å². The Morgan fingerprint density at radius 3 is 2.73 bits per heavy atom. The number of ether oxygens (including phenoxy) is 1. The number of anilines is 2. The molecule has 1 aromatic rings. The molecule has 1 aliphatic rings. The van der Waals surface area contributed by atoms with Gasteiger partial charge in [0.1, 0.15) is 6.04 Å². The van der Waals surface area contributed by atoms with Crippen molar-refractivity contribution in [2.24, 2.45) is 0 Å². The molecule has 3 atom stereocenters. The fourth-order valence-corrected chi connectivity index (χ4v) is 2.29. The number of nitrogen functional groups attached to an aromatic ring is 1. The van der Waals surface area contributed by atoms with Crippen molar-refractivity contribution in [3.8, 4) is 0 Å². The number of nitrogens with two attached hydrogens (primary N) is 1. The molecule has 0 fully saturated rings. The number of amides is 1. The first kappa shape index (κ1) is 15.8. The SMILES string of the molecule is CC(=O)OC1C(=O)Nc2cc(N)ccc2C1NC(C)C(=O)O. The van der Waals surface area contributed by atoms with Crippen LogP contribution >= 0.6 is 0 Å². The predicted molar refractivity (Wildman–Crippen MR) is 78.0 cm³/mol. The summed E-state index contributed by atoms with van der Waals surface area (Å²) in [6.07, 6.45) is -1.16. The van der Waals surface area contributed by atoms with E-state index in [1.807, 2.05) is 0 Å². The highest BCUT2D eigenvalue weighted by Crippen LogP contribution is 2.34. The Labute approximate surface area is 126 Å². The van der Waals surface area contributed by atoms with Gasteiger partial charge in [-0.1, -0.05) is 6.07 Å². The molecule has 0 saturated carbocycles. The van der Waals surface area contributed by atoms with Crippen LogP contribution in [-0.2, 0) is 19.1 Å². The number of rotatable bonds is 4. The Morgan fingerprint density at radius 2 is 2.14 bits per heavy atom. The number of nitrogens with one attached hydrogen (secondary N) is 2. The van der Waals surface area contributed by atoms with Gasteiger partial charge in [-0.05, 0) is 24.6 Å². The largest absolute Gasteiger partial charge is 0.480 e. The molecule has 5 N–H and O–H groups in total. The average molecular weight is 307 g/mol. The minimum Gasteiger partial charge on any atom is -0.480 e. The van der Waals surface area contributed by atoms with Crippen LogP contribution in [0, 0.1) is 0 Å². The van der Waals surface area contributed by atoms with E-state index in [0.717, 1.165) is 0 Å². The average Bonchev–Trinajstić information content (AvgIpc) is 2.41. The highest BCUT2D eigenvalue weighted by molar-refractivity contribution is 5.99. The topological polar surface area (TPSA) is 131 Å². The Balaban J connectivity index is 2.42. The molecule has 2 rings (SSSR count). The number of fused-ring (bicyclic) bond motifs is 1. The predicted octanol–water partition coefficient (Wildman–Crippen LogP) is 0.256. The third kappa shape index (κ3) is 3.17. The molecule has 0 aliphatic carbocycles. The fraction of sp³-hybridized carbons (Fsp3) is 0.357. The maximum atomic E-state index is 12.1. The molecule has 8 nitrogen and oxygen atoms in total. The van der Waals surface area contributed by atoms with Crippen molar-refractivity contribution in [1.29, 1.82) is 0 Å². The molecule has 0 radical (unpaired) electrons. The van der Waals surface area contributed by atoms with E-state index in [0.29, 0.717) is 16.9 Å². The summed E-state index contributed by atoms with van der Waals surface area (Å²) in [6, 6.07) is 3.14. The van der Waals surface area contributed by atoms with Gasteiger partial charge in [-0.3, -0.25) is 19.7 Å². The minimum absolute atomic E-state index is 0.454. The summed E-state index contributed by atoms with van der Waals surface area (Å²) in [5.41, 5.74) is 7.21. The molecule has 1 amide bonds. The highest BCUT2D eigenvalue weighted by Gasteiger charge is 2.39. The van der Waals surface area contributed by atoms with Crippen LogP contribution < -0.4 is 16.4 Å². The smallest absolute Gasteiger partial charge is 0.320 e. The van der Waals surface area contributed by atoms with Gasteiger partial charge in [0.15, 0.2) is 6.10 Å². The summed E-state index contributed by atoms with van der Waals surface area (Å²) in [5, 5.41) is 14.5. The highest BCUT2D eigenvalue weighted by atomic mass is 16.5. The zero-order valence-electron chi connectivity index (χ0n) is 12.1. The molecular formula is C14H17N3O5. The van der Waals surface area contributed by atoms with Crippen molar-refractivity contribution in [1.82, 2.24) is 5.32 Å². The lowest BCUT2D eigenvalue weighted by Gasteiger charge is -2.34. The first-order chi connectivity index (χ1) is 10.3. The number of benzene rings is 1. The second-order valence-electron chi connectivity index (χ2n) is 5.07. The summed E-state index contributed by atoms with van der Waals surface area (Å²) in [5.74, 6) is -2.25. The number of carbonyl (C=O) groups is 3. The normalized spacial score (nSPS) is 21.5. The van der Waals surface area contributed by atoms with Crippen LogP contribution in [0.3, 0.4) is 0 Å². The number of carbonyl (C=O) groups excluding carboxylic acids is 2. The molecule has 0 bridgehead atoms. The van der Waals surface area contributed by atoms with E-state index in [2.05, 4.69) is 10.6 Å². The Morgan fingerprint density at radius 1 is 1.45 bits per heavy atom. The lowest BCUT2D eigenvalue weighted by Crippen LogP contribution is -2.50. The fourth-order valence-electron chi connectivity index (χ4n) is 2.29. The molecular weight excluding hydrogens is 290 g/mol. The molecule has 0 aromatic heterocycles. The van der Waals surface area contributed by atoms with Crippen molar-refractivity contribution in [3.63, 3.8) is 0 Å². The lowest BCUT2D eigenvalue weighted by atomic mass is 9.93. The van der Waals surface area contributed by atoms with Gasteiger partial charge in [-0.25, -0.2) is 0 Å². The molecule has 0 spiro atoms. The van der Waals surface area contributed by atoms with Crippen LogP contribution in [0.15, 0.2) is 18.2 Å². The number of esters is 1. The second kappa shape index (κ2) is 6.02. The van der Waals surface area contributed by atoms with Gasteiger partial charge in [-0.15, -0.1) is 0 Å². The van der Waals surface area contributed by atoms with Crippen molar-refractivity contribution in [2.75, 3.05) is 11.1 Å². The maximum Gasteiger partial charge on any atom is 0.320 e. The first-order valence-corrected chi connectivity index (χ1v) is 6.66. The number of carboxylic acids is 1. The molecule has 1 aromatic carbocycles. The van der Waals surface area contributed by atoms with E-state index in [-0.39, 0.29) is 0 Å². The second-order valence-corrected chi connectivity index (χ2v) is 5.07. The van der Waals surface area contributed by atoms with E-state index in [9.17, 15) is 14.4 Å². The number of hydrogen-bond donors (Lipinski definition) is 4. The lowest BCUT2D eigenvalue weighted by molar-refractivity contribution is -0.154. The van der Waals surface area contributed by atoms with E-state index in [1.165, 1.54) is 13.8 Å². The Hall–Kier alpha value is -2.61. The third-order valence-corrected chi connectivity index (χ3v) is 3.32. The summed E-state index contributed by atoms with van der Waals surface area (Å²) in [4.78, 5) is 34.4. The van der Waals surface area contributed by atoms with Gasteiger partial charge in [-0.2, -0.15) is 0 Å². The summed E-state index contributed by atoms with van der Waals surface area (Å²) < 4.78 is 5.05. The summed E-state index contributed by atoms with van der Waals surface area (Å²) in [7, 11) is 0. The van der Waals surface area contributed by atoms with Crippen molar-refractivity contribution in [2.45, 2.75) is 32.0 Å². The van der Waals surface area contributed by atoms with Crippen LogP contribution in [0.1, 0.15) is 25.5 Å². The molecule has 8 heteroatoms. The molecule has 1 heterocycles. The van der Waals surface area contributed by atoms with Crippen LogP contribution in [0.4, 0.5) is 11.4 Å². The van der Waals surface area contributed by atoms with Crippen molar-refractivity contribution in [3.05, 3.63) is 23.8 Å². The van der Waals surface area contributed by atoms with Gasteiger partial charge < -0.3 is 20.9 Å². The zero-order valence-corrected chi connectivity index (χ0v) is 12.1. The maximum absolute atomic E-state index is 12.1. The zero-order chi connectivity index (χ0) is 16.4. The molecule has 118 valence electrons. The third-order valence-electron chi connectivity index (χ3n) is 3.32. The van der Waals surface area contributed by atoms with E-state index < -0.39 is 36.0 Å². The van der Waals surface area contributed by atoms with Gasteiger partial charge in [0.25, 0.3) is 5.91 Å². The van der Waals surface area contributed by atoms with Gasteiger partial charge in [0.05, 0.1) is 6.04 Å². The monoisotopic (exact) mass is 307 g/mol. The van der Waals surface area contributed by atoms with Crippen molar-refractivity contribution < 1.29 is 24.2 Å². The number of aliphatic carboxylic acids is 1. The molecule has 0 saturated heterocycles. The van der Waals surface area contributed by atoms with Crippen LogP contribution in [0.5, 0.6) is 0 Å². The van der Waals surface area contributed by atoms with Crippen LogP contribution in [0.2, 0.25) is 0 Å². The number of hydrogen-bond acceptors (Lipinski definition) is 6. The van der Waals surface area contributed by atoms with Gasteiger partial charge in [0.2, 0.25) is 0 Å². The molecule has 22 heavy (non-hydrogen) atoms. The molecule has 1 aliphatic heterocycles. The quantitative estimate of drug-likeness (QED) is 0.463. The summed E-state index contributed by atoms with van der Waals surface area (Å²) in [6.45, 7) is 2.63. The molecule has 3 unspecified atom stereocenters. The van der Waals surface area contributed by atoms with E-state index in [1.54, 1.807) is 18.2 Å². The minimum atomic E-state index is -1.16. The van der Waals surface area contributed by atoms with E-state index in [4.69, 9.17) is 15.6 Å². The van der Waals surface area contributed by atoms with Crippen molar-refractivity contribution >= 4 is 29.2 Å². The first-order valence-electron chi connectivity index (χ1n) is 6.66. The Bertz CT molecular complexity index is 631. The van der Waals surface area contributed by atoms with Crippen LogP contribution in [0.25, 0.3) is 0 Å². The standard InChI is InChI=1S/C14H17N3O5/c1-6(14(20)21)16-11-9-4-3-8(15)5-10(9)17-13(19)12(11)22-7(2)18/h3-6,11-12,16H,15H2,1-2H3,(H,17,19)(H,20,21). The van der Waals surface area contributed by atoms with Crippen LogP contribution in [-0.4, -0.2) is 35.1 Å².